The zero-order valence-corrected chi connectivity index (χ0v) is 17.7. The second kappa shape index (κ2) is 8.51. The van der Waals surface area contributed by atoms with Crippen LogP contribution in [0.2, 0.25) is 0 Å². The van der Waals surface area contributed by atoms with Crippen molar-refractivity contribution in [3.63, 3.8) is 0 Å². The molecule has 152 valence electrons. The van der Waals surface area contributed by atoms with E-state index in [1.165, 1.54) is 11.3 Å². The van der Waals surface area contributed by atoms with Gasteiger partial charge in [-0.2, -0.15) is 10.1 Å². The first-order valence-corrected chi connectivity index (χ1v) is 10.5. The summed E-state index contributed by atoms with van der Waals surface area (Å²) < 4.78 is 10.3. The maximum absolute atomic E-state index is 13.0. The van der Waals surface area contributed by atoms with Crippen LogP contribution in [0.3, 0.4) is 0 Å². The van der Waals surface area contributed by atoms with Crippen molar-refractivity contribution >= 4 is 27.5 Å². The van der Waals surface area contributed by atoms with Crippen LogP contribution in [-0.2, 0) is 6.54 Å². The first-order chi connectivity index (χ1) is 14.6. The number of para-hydroxylation sites is 1. The van der Waals surface area contributed by atoms with Crippen LogP contribution in [0.25, 0.3) is 15.9 Å². The Kier molecular flexibility index (Phi) is 5.63. The fourth-order valence-electron chi connectivity index (χ4n) is 3.30. The van der Waals surface area contributed by atoms with E-state index in [-0.39, 0.29) is 5.91 Å². The number of ether oxygens (including phenoxy) is 1. The molecule has 7 heteroatoms. The van der Waals surface area contributed by atoms with Crippen LogP contribution in [-0.4, -0.2) is 26.9 Å². The van der Waals surface area contributed by atoms with Gasteiger partial charge in [0.15, 0.2) is 4.80 Å². The fourth-order valence-corrected chi connectivity index (χ4v) is 4.36. The summed E-state index contributed by atoms with van der Waals surface area (Å²) >= 11 is 1.46. The van der Waals surface area contributed by atoms with Crippen molar-refractivity contribution in [2.24, 2.45) is 4.99 Å². The van der Waals surface area contributed by atoms with Crippen molar-refractivity contribution in [1.29, 1.82) is 0 Å². The fraction of sp³-hybridized carbons (Fsp3) is 0.174. The molecule has 0 saturated carbocycles. The molecule has 2 aromatic carbocycles. The number of carbonyl (C=O) groups is 1. The van der Waals surface area contributed by atoms with E-state index in [0.717, 1.165) is 27.3 Å². The quantitative estimate of drug-likeness (QED) is 0.433. The van der Waals surface area contributed by atoms with Gasteiger partial charge in [-0.3, -0.25) is 4.79 Å². The molecule has 0 saturated heterocycles. The Morgan fingerprint density at radius 1 is 1.27 bits per heavy atom. The van der Waals surface area contributed by atoms with E-state index < -0.39 is 0 Å². The van der Waals surface area contributed by atoms with E-state index >= 15 is 0 Å². The van der Waals surface area contributed by atoms with Gasteiger partial charge in [-0.05, 0) is 44.2 Å². The highest BCUT2D eigenvalue weighted by Gasteiger charge is 2.16. The molecule has 0 atom stereocenters. The predicted octanol–water partition coefficient (Wildman–Crippen LogP) is 4.52. The highest BCUT2D eigenvalue weighted by Crippen LogP contribution is 2.24. The lowest BCUT2D eigenvalue weighted by atomic mass is 10.2. The highest BCUT2D eigenvalue weighted by molar-refractivity contribution is 7.16. The van der Waals surface area contributed by atoms with Gasteiger partial charge in [0.1, 0.15) is 5.75 Å². The van der Waals surface area contributed by atoms with Gasteiger partial charge in [-0.25, -0.2) is 4.68 Å². The molecule has 0 aliphatic carbocycles. The molecule has 0 spiro atoms. The predicted molar refractivity (Wildman–Crippen MR) is 119 cm³/mol. The number of hydrogen-bond donors (Lipinski definition) is 0. The topological polar surface area (TPSA) is 61.4 Å². The van der Waals surface area contributed by atoms with Crippen LogP contribution < -0.4 is 9.54 Å². The summed E-state index contributed by atoms with van der Waals surface area (Å²) in [6.45, 7) is 8.82. The second-order valence-electron chi connectivity index (χ2n) is 6.65. The number of thiazole rings is 1. The number of carbonyl (C=O) groups excluding carboxylic acids is 1. The lowest BCUT2D eigenvalue weighted by Crippen LogP contribution is -2.16. The number of hydrogen-bond acceptors (Lipinski definition) is 4. The number of fused-ring (bicyclic) bond motifs is 1. The van der Waals surface area contributed by atoms with Crippen LogP contribution in [0, 0.1) is 6.92 Å². The van der Waals surface area contributed by atoms with Crippen LogP contribution in [0.1, 0.15) is 23.0 Å². The van der Waals surface area contributed by atoms with Gasteiger partial charge < -0.3 is 9.30 Å². The standard InChI is InChI=1S/C23H22N4O2S/c1-4-13-26-20-12-11-18(29-5-2)14-21(20)30-23(26)25-22(28)19-15-24-27(16(19)3)17-9-7-6-8-10-17/h4,6-12,14-15H,1,5,13H2,2-3H3. The van der Waals surface area contributed by atoms with E-state index in [4.69, 9.17) is 4.74 Å². The highest BCUT2D eigenvalue weighted by atomic mass is 32.1. The summed E-state index contributed by atoms with van der Waals surface area (Å²) in [4.78, 5) is 18.1. The molecule has 4 aromatic rings. The molecule has 0 bridgehead atoms. The summed E-state index contributed by atoms with van der Waals surface area (Å²) in [5.74, 6) is 0.485. The van der Waals surface area contributed by atoms with Crippen LogP contribution in [0.15, 0.2) is 72.4 Å². The largest absolute Gasteiger partial charge is 0.494 e. The Morgan fingerprint density at radius 2 is 2.07 bits per heavy atom. The van der Waals surface area contributed by atoms with Gasteiger partial charge >= 0.3 is 0 Å². The first-order valence-electron chi connectivity index (χ1n) is 9.68. The minimum Gasteiger partial charge on any atom is -0.494 e. The number of amides is 1. The molecule has 30 heavy (non-hydrogen) atoms. The maximum Gasteiger partial charge on any atom is 0.283 e. The molecule has 0 aliphatic heterocycles. The van der Waals surface area contributed by atoms with Gasteiger partial charge in [0, 0.05) is 6.54 Å². The lowest BCUT2D eigenvalue weighted by Gasteiger charge is -2.04. The molecule has 6 nitrogen and oxygen atoms in total. The van der Waals surface area contributed by atoms with Crippen LogP contribution in [0.5, 0.6) is 5.75 Å². The van der Waals surface area contributed by atoms with Crippen molar-refractivity contribution in [1.82, 2.24) is 14.3 Å². The molecule has 1 amide bonds. The number of rotatable bonds is 6. The van der Waals surface area contributed by atoms with E-state index in [1.807, 2.05) is 66.9 Å². The number of allylic oxidation sites excluding steroid dienone is 1. The minimum absolute atomic E-state index is 0.316. The summed E-state index contributed by atoms with van der Waals surface area (Å²) in [7, 11) is 0. The van der Waals surface area contributed by atoms with E-state index in [0.29, 0.717) is 23.5 Å². The van der Waals surface area contributed by atoms with Crippen molar-refractivity contribution in [2.45, 2.75) is 20.4 Å². The van der Waals surface area contributed by atoms with Gasteiger partial charge in [-0.15, -0.1) is 6.58 Å². The Balaban J connectivity index is 1.77. The van der Waals surface area contributed by atoms with E-state index in [1.54, 1.807) is 17.0 Å². The van der Waals surface area contributed by atoms with Gasteiger partial charge in [0.05, 0.1) is 40.0 Å². The van der Waals surface area contributed by atoms with E-state index in [2.05, 4.69) is 16.7 Å². The first kappa shape index (κ1) is 19.8. The van der Waals surface area contributed by atoms with Gasteiger partial charge in [0.2, 0.25) is 0 Å². The third-order valence-corrected chi connectivity index (χ3v) is 5.76. The summed E-state index contributed by atoms with van der Waals surface area (Å²) in [5.41, 5.74) is 3.13. The Morgan fingerprint density at radius 3 is 2.80 bits per heavy atom. The minimum atomic E-state index is -0.316. The maximum atomic E-state index is 13.0. The summed E-state index contributed by atoms with van der Waals surface area (Å²) in [5, 5.41) is 4.38. The lowest BCUT2D eigenvalue weighted by molar-refractivity contribution is 0.0997. The van der Waals surface area contributed by atoms with Gasteiger partial charge in [0.25, 0.3) is 5.91 Å². The molecular weight excluding hydrogens is 396 g/mol. The molecule has 2 aromatic heterocycles. The molecule has 0 fully saturated rings. The third kappa shape index (κ3) is 3.71. The average Bonchev–Trinajstić information content (AvgIpc) is 3.29. The molecule has 0 N–H and O–H groups in total. The van der Waals surface area contributed by atoms with Crippen LogP contribution >= 0.6 is 11.3 Å². The molecule has 4 rings (SSSR count). The zero-order chi connectivity index (χ0) is 21.1. The molecular formula is C23H22N4O2S. The molecule has 0 radical (unpaired) electrons. The van der Waals surface area contributed by atoms with Gasteiger partial charge in [-0.1, -0.05) is 35.6 Å². The summed E-state index contributed by atoms with van der Waals surface area (Å²) in [6, 6.07) is 15.6. The third-order valence-electron chi connectivity index (χ3n) is 4.72. The van der Waals surface area contributed by atoms with Crippen LogP contribution in [0.4, 0.5) is 0 Å². The van der Waals surface area contributed by atoms with Crippen molar-refractivity contribution in [2.75, 3.05) is 6.61 Å². The average molecular weight is 419 g/mol. The van der Waals surface area contributed by atoms with Crippen molar-refractivity contribution < 1.29 is 9.53 Å². The zero-order valence-electron chi connectivity index (χ0n) is 16.9. The Bertz CT molecular complexity index is 1280. The Labute approximate surface area is 178 Å². The number of aromatic nitrogens is 3. The summed E-state index contributed by atoms with van der Waals surface area (Å²) in [6.07, 6.45) is 3.37. The number of nitrogens with zero attached hydrogens (tertiary/aromatic N) is 4. The Hall–Kier alpha value is -3.45. The normalized spacial score (nSPS) is 11.7. The monoisotopic (exact) mass is 418 g/mol. The number of benzene rings is 2. The SMILES string of the molecule is C=CCn1c(=NC(=O)c2cnn(-c3ccccc3)c2C)sc2cc(OCC)ccc21. The smallest absolute Gasteiger partial charge is 0.283 e. The molecule has 2 heterocycles. The molecule has 0 unspecified atom stereocenters. The van der Waals surface area contributed by atoms with Crippen molar-refractivity contribution in [3.8, 4) is 11.4 Å². The second-order valence-corrected chi connectivity index (χ2v) is 7.66. The van der Waals surface area contributed by atoms with E-state index in [9.17, 15) is 4.79 Å². The molecule has 0 aliphatic rings. The van der Waals surface area contributed by atoms with Crippen molar-refractivity contribution in [3.05, 3.63) is 83.4 Å².